The smallest absolute Gasteiger partial charge is 0.338 e. The predicted octanol–water partition coefficient (Wildman–Crippen LogP) is 5.01. The summed E-state index contributed by atoms with van der Waals surface area (Å²) in [4.78, 5) is 12.8. The van der Waals surface area contributed by atoms with Gasteiger partial charge in [0.15, 0.2) is 0 Å². The molecule has 3 atom stereocenters. The second-order valence-corrected chi connectivity index (χ2v) is 8.60. The summed E-state index contributed by atoms with van der Waals surface area (Å²) in [5, 5.41) is 0. The van der Waals surface area contributed by atoms with Gasteiger partial charge in [-0.15, -0.1) is 0 Å². The number of rotatable bonds is 8. The van der Waals surface area contributed by atoms with Gasteiger partial charge >= 0.3 is 5.97 Å². The SMILES string of the molecule is CC(OS(=O)(=O)c1ccccc1)C(C)C(OC(=O)c1ccccc1)c1ccccc1. The standard InChI is InChI=1S/C24H24O5S/c1-18(19(2)29-30(26,27)22-16-10-5-11-17-22)23(20-12-6-3-7-13-20)28-24(25)21-14-8-4-9-15-21/h3-19,23H,1-2H3. The number of benzene rings is 3. The zero-order chi connectivity index (χ0) is 21.6. The van der Waals surface area contributed by atoms with Gasteiger partial charge in [-0.3, -0.25) is 4.18 Å². The van der Waals surface area contributed by atoms with Crippen molar-refractivity contribution in [1.29, 1.82) is 0 Å². The van der Waals surface area contributed by atoms with Gasteiger partial charge in [-0.1, -0.05) is 73.7 Å². The largest absolute Gasteiger partial charge is 0.454 e. The maximum atomic E-state index is 12.7. The van der Waals surface area contributed by atoms with Crippen LogP contribution in [0.4, 0.5) is 0 Å². The van der Waals surface area contributed by atoms with Crippen LogP contribution in [0, 0.1) is 5.92 Å². The highest BCUT2D eigenvalue weighted by atomic mass is 32.2. The Bertz CT molecular complexity index is 1050. The van der Waals surface area contributed by atoms with Crippen molar-refractivity contribution in [2.24, 2.45) is 5.92 Å². The molecule has 0 aliphatic rings. The van der Waals surface area contributed by atoms with Crippen LogP contribution in [0.3, 0.4) is 0 Å². The van der Waals surface area contributed by atoms with Crippen LogP contribution in [0.1, 0.15) is 35.9 Å². The fraction of sp³-hybridized carbons (Fsp3) is 0.208. The summed E-state index contributed by atoms with van der Waals surface area (Å²) < 4.78 is 36.5. The monoisotopic (exact) mass is 424 g/mol. The Morgan fingerprint density at radius 2 is 1.27 bits per heavy atom. The Balaban J connectivity index is 1.83. The Kier molecular flexibility index (Phi) is 7.03. The molecule has 0 saturated heterocycles. The first kappa shape index (κ1) is 21.7. The van der Waals surface area contributed by atoms with E-state index in [1.165, 1.54) is 12.1 Å². The molecule has 3 aromatic rings. The van der Waals surface area contributed by atoms with Crippen molar-refractivity contribution in [3.05, 3.63) is 102 Å². The van der Waals surface area contributed by atoms with E-state index in [0.29, 0.717) is 5.56 Å². The number of carbonyl (C=O) groups is 1. The van der Waals surface area contributed by atoms with Crippen molar-refractivity contribution in [3.8, 4) is 0 Å². The van der Waals surface area contributed by atoms with Crippen molar-refractivity contribution in [2.75, 3.05) is 0 Å². The second kappa shape index (κ2) is 9.69. The lowest BCUT2D eigenvalue weighted by Gasteiger charge is -2.28. The molecule has 156 valence electrons. The number of esters is 1. The minimum absolute atomic E-state index is 0.0848. The predicted molar refractivity (Wildman–Crippen MR) is 114 cm³/mol. The minimum atomic E-state index is -3.94. The van der Waals surface area contributed by atoms with Gasteiger partial charge in [0, 0.05) is 5.92 Å². The molecule has 0 saturated carbocycles. The maximum absolute atomic E-state index is 12.7. The molecule has 0 aromatic heterocycles. The lowest BCUT2D eigenvalue weighted by Crippen LogP contribution is -2.29. The molecule has 3 unspecified atom stereocenters. The average Bonchev–Trinajstić information content (AvgIpc) is 2.78. The van der Waals surface area contributed by atoms with E-state index in [0.717, 1.165) is 5.56 Å². The summed E-state index contributed by atoms with van der Waals surface area (Å²) >= 11 is 0. The highest BCUT2D eigenvalue weighted by Crippen LogP contribution is 2.32. The van der Waals surface area contributed by atoms with Crippen LogP contribution in [-0.2, 0) is 19.0 Å². The Hall–Kier alpha value is -2.96. The molecule has 0 fully saturated rings. The number of hydrogen-bond donors (Lipinski definition) is 0. The third-order valence-corrected chi connectivity index (χ3v) is 6.31. The Labute approximate surface area is 177 Å². The number of hydrogen-bond acceptors (Lipinski definition) is 5. The molecule has 0 amide bonds. The van der Waals surface area contributed by atoms with Crippen LogP contribution in [0.25, 0.3) is 0 Å². The number of carbonyl (C=O) groups excluding carboxylic acids is 1. The number of ether oxygens (including phenoxy) is 1. The highest BCUT2D eigenvalue weighted by molar-refractivity contribution is 7.86. The molecule has 0 spiro atoms. The molecule has 3 aromatic carbocycles. The first-order valence-corrected chi connectivity index (χ1v) is 11.1. The lowest BCUT2D eigenvalue weighted by atomic mass is 9.93. The van der Waals surface area contributed by atoms with Crippen LogP contribution in [0.15, 0.2) is 95.9 Å². The maximum Gasteiger partial charge on any atom is 0.338 e. The Morgan fingerprint density at radius 3 is 1.83 bits per heavy atom. The summed E-state index contributed by atoms with van der Waals surface area (Å²) in [7, 11) is -3.94. The fourth-order valence-corrected chi connectivity index (χ4v) is 4.23. The van der Waals surface area contributed by atoms with E-state index in [4.69, 9.17) is 8.92 Å². The molecular formula is C24H24O5S. The first-order valence-electron chi connectivity index (χ1n) is 9.68. The van der Waals surface area contributed by atoms with Gasteiger partial charge in [-0.2, -0.15) is 8.42 Å². The van der Waals surface area contributed by atoms with E-state index in [2.05, 4.69) is 0 Å². The zero-order valence-corrected chi connectivity index (χ0v) is 17.7. The van der Waals surface area contributed by atoms with Crippen LogP contribution in [-0.4, -0.2) is 20.5 Å². The van der Waals surface area contributed by atoms with Gasteiger partial charge in [0.05, 0.1) is 16.6 Å². The molecular weight excluding hydrogens is 400 g/mol. The van der Waals surface area contributed by atoms with Crippen molar-refractivity contribution < 1.29 is 22.1 Å². The molecule has 0 aliphatic heterocycles. The van der Waals surface area contributed by atoms with E-state index < -0.39 is 34.2 Å². The van der Waals surface area contributed by atoms with E-state index in [1.807, 2.05) is 36.4 Å². The second-order valence-electron chi connectivity index (χ2n) is 7.03. The van der Waals surface area contributed by atoms with Crippen LogP contribution < -0.4 is 0 Å². The summed E-state index contributed by atoms with van der Waals surface area (Å²) in [6.07, 6.45) is -1.41. The van der Waals surface area contributed by atoms with Crippen LogP contribution >= 0.6 is 0 Å². The molecule has 5 nitrogen and oxygen atoms in total. The van der Waals surface area contributed by atoms with E-state index in [9.17, 15) is 13.2 Å². The summed E-state index contributed by atoms with van der Waals surface area (Å²) in [5.74, 6) is -0.909. The van der Waals surface area contributed by atoms with Crippen LogP contribution in [0.2, 0.25) is 0 Å². The molecule has 0 N–H and O–H groups in total. The van der Waals surface area contributed by atoms with Crippen molar-refractivity contribution in [2.45, 2.75) is 31.0 Å². The van der Waals surface area contributed by atoms with Crippen LogP contribution in [0.5, 0.6) is 0 Å². The van der Waals surface area contributed by atoms with Gasteiger partial charge in [0.2, 0.25) is 0 Å². The van der Waals surface area contributed by atoms with Crippen molar-refractivity contribution >= 4 is 16.1 Å². The third-order valence-electron chi connectivity index (χ3n) is 4.90. The van der Waals surface area contributed by atoms with Gasteiger partial charge in [0.25, 0.3) is 10.1 Å². The first-order chi connectivity index (χ1) is 14.4. The molecule has 30 heavy (non-hydrogen) atoms. The molecule has 0 bridgehead atoms. The average molecular weight is 425 g/mol. The lowest BCUT2D eigenvalue weighted by molar-refractivity contribution is -0.00394. The topological polar surface area (TPSA) is 69.7 Å². The fourth-order valence-electron chi connectivity index (χ4n) is 3.06. The van der Waals surface area contributed by atoms with Crippen molar-refractivity contribution in [3.63, 3.8) is 0 Å². The zero-order valence-electron chi connectivity index (χ0n) is 16.8. The summed E-state index contributed by atoms with van der Waals surface area (Å²) in [6.45, 7) is 3.47. The van der Waals surface area contributed by atoms with Gasteiger partial charge in [0.1, 0.15) is 6.10 Å². The minimum Gasteiger partial charge on any atom is -0.454 e. The third kappa shape index (κ3) is 5.34. The van der Waals surface area contributed by atoms with Gasteiger partial charge < -0.3 is 4.74 Å². The molecule has 6 heteroatoms. The highest BCUT2D eigenvalue weighted by Gasteiger charge is 2.32. The van der Waals surface area contributed by atoms with E-state index in [1.54, 1.807) is 56.3 Å². The molecule has 0 aliphatic carbocycles. The summed E-state index contributed by atoms with van der Waals surface area (Å²) in [5.41, 5.74) is 1.19. The molecule has 0 radical (unpaired) electrons. The van der Waals surface area contributed by atoms with E-state index >= 15 is 0 Å². The van der Waals surface area contributed by atoms with Crippen molar-refractivity contribution in [1.82, 2.24) is 0 Å². The summed E-state index contributed by atoms with van der Waals surface area (Å²) in [6, 6.07) is 25.9. The van der Waals surface area contributed by atoms with Gasteiger partial charge in [-0.25, -0.2) is 4.79 Å². The van der Waals surface area contributed by atoms with E-state index in [-0.39, 0.29) is 4.90 Å². The molecule has 0 heterocycles. The normalized spacial score (nSPS) is 14.5. The Morgan fingerprint density at radius 1 is 0.767 bits per heavy atom. The quantitative estimate of drug-likeness (QED) is 0.375. The molecule has 3 rings (SSSR count). The van der Waals surface area contributed by atoms with Gasteiger partial charge in [-0.05, 0) is 36.8 Å².